The molecule has 9 heteroatoms. The van der Waals surface area contributed by atoms with Crippen LogP contribution < -0.4 is 11.5 Å². The highest BCUT2D eigenvalue weighted by Crippen LogP contribution is 2.05. The number of carbonyl (C=O) groups excluding carboxylic acids is 2. The second-order valence-corrected chi connectivity index (χ2v) is 5.08. The Labute approximate surface area is 146 Å². The predicted molar refractivity (Wildman–Crippen MR) is 91.6 cm³/mol. The van der Waals surface area contributed by atoms with E-state index in [2.05, 4.69) is 10.3 Å². The molecule has 0 aliphatic rings. The van der Waals surface area contributed by atoms with E-state index >= 15 is 0 Å². The van der Waals surface area contributed by atoms with Gasteiger partial charge >= 0.3 is 0 Å². The van der Waals surface area contributed by atoms with Crippen molar-refractivity contribution in [2.45, 2.75) is 13.0 Å². The molecule has 4 N–H and O–H groups in total. The molecule has 0 aliphatic carbocycles. The molecule has 0 radical (unpaired) electrons. The molecule has 24 heavy (non-hydrogen) atoms. The third-order valence-electron chi connectivity index (χ3n) is 3.28. The number of rotatable bonds is 8. The van der Waals surface area contributed by atoms with Crippen molar-refractivity contribution in [2.75, 3.05) is 19.6 Å². The lowest BCUT2D eigenvalue weighted by Crippen LogP contribution is -2.37. The molecule has 2 aromatic rings. The number of carbonyl (C=O) groups is 2. The first-order valence-corrected chi connectivity index (χ1v) is 7.32. The van der Waals surface area contributed by atoms with Gasteiger partial charge in [0, 0.05) is 19.6 Å². The van der Waals surface area contributed by atoms with E-state index in [4.69, 9.17) is 11.5 Å². The number of nitrogens with zero attached hydrogens (tertiary/aromatic N) is 4. The van der Waals surface area contributed by atoms with E-state index in [0.29, 0.717) is 19.6 Å². The van der Waals surface area contributed by atoms with E-state index in [9.17, 15) is 9.59 Å². The number of halogens is 1. The standard InChI is InChI=1S/C15H20N6O2.ClH/c16-7-9-20(8-6-12-4-2-1-3-5-12)15(23)13-10-21(19-18-13)11-14(17)22;/h1-5,10H,6-9,11,16H2,(H2,17,22);1H. The summed E-state index contributed by atoms with van der Waals surface area (Å²) in [6, 6.07) is 9.88. The molecule has 0 aliphatic heterocycles. The van der Waals surface area contributed by atoms with Gasteiger partial charge in [-0.15, -0.1) is 17.5 Å². The zero-order chi connectivity index (χ0) is 16.7. The number of primary amides is 1. The van der Waals surface area contributed by atoms with Crippen molar-refractivity contribution in [1.29, 1.82) is 0 Å². The van der Waals surface area contributed by atoms with Gasteiger partial charge in [0.15, 0.2) is 5.69 Å². The number of nitrogens with two attached hydrogens (primary N) is 2. The van der Waals surface area contributed by atoms with Crippen LogP contribution in [0.5, 0.6) is 0 Å². The molecule has 0 unspecified atom stereocenters. The van der Waals surface area contributed by atoms with Crippen LogP contribution in [0.4, 0.5) is 0 Å². The summed E-state index contributed by atoms with van der Waals surface area (Å²) in [6.07, 6.45) is 2.14. The summed E-state index contributed by atoms with van der Waals surface area (Å²) in [4.78, 5) is 25.0. The van der Waals surface area contributed by atoms with Gasteiger partial charge in [-0.1, -0.05) is 35.5 Å². The highest BCUT2D eigenvalue weighted by atomic mass is 35.5. The first kappa shape index (κ1) is 19.6. The van der Waals surface area contributed by atoms with Crippen LogP contribution in [0.2, 0.25) is 0 Å². The van der Waals surface area contributed by atoms with E-state index in [1.165, 1.54) is 10.9 Å². The number of hydrogen-bond donors (Lipinski definition) is 2. The minimum Gasteiger partial charge on any atom is -0.368 e. The highest BCUT2D eigenvalue weighted by Gasteiger charge is 2.18. The van der Waals surface area contributed by atoms with Crippen molar-refractivity contribution in [3.05, 3.63) is 47.8 Å². The second-order valence-electron chi connectivity index (χ2n) is 5.08. The maximum Gasteiger partial charge on any atom is 0.276 e. The van der Waals surface area contributed by atoms with Gasteiger partial charge in [0.05, 0.1) is 6.20 Å². The summed E-state index contributed by atoms with van der Waals surface area (Å²) in [6.45, 7) is 1.20. The number of aromatic nitrogens is 3. The van der Waals surface area contributed by atoms with Gasteiger partial charge in [0.25, 0.3) is 5.91 Å². The molecular formula is C15H21ClN6O2. The molecule has 0 saturated heterocycles. The lowest BCUT2D eigenvalue weighted by atomic mass is 10.1. The summed E-state index contributed by atoms with van der Waals surface area (Å²) < 4.78 is 1.24. The number of benzene rings is 1. The molecule has 0 spiro atoms. The van der Waals surface area contributed by atoms with Crippen molar-refractivity contribution in [2.24, 2.45) is 11.5 Å². The van der Waals surface area contributed by atoms with E-state index < -0.39 is 5.91 Å². The Morgan fingerprint density at radius 2 is 1.88 bits per heavy atom. The largest absolute Gasteiger partial charge is 0.368 e. The Kier molecular flexibility index (Phi) is 7.87. The molecule has 1 heterocycles. The molecule has 0 atom stereocenters. The Morgan fingerprint density at radius 3 is 2.50 bits per heavy atom. The van der Waals surface area contributed by atoms with Crippen molar-refractivity contribution >= 4 is 24.2 Å². The summed E-state index contributed by atoms with van der Waals surface area (Å²) in [5, 5.41) is 7.53. The Bertz CT molecular complexity index is 661. The quantitative estimate of drug-likeness (QED) is 0.683. The van der Waals surface area contributed by atoms with E-state index in [1.807, 2.05) is 30.3 Å². The van der Waals surface area contributed by atoms with Crippen molar-refractivity contribution < 1.29 is 9.59 Å². The SMILES string of the molecule is Cl.NCCN(CCc1ccccc1)C(=O)c1cn(CC(N)=O)nn1. The maximum atomic E-state index is 12.5. The van der Waals surface area contributed by atoms with Crippen LogP contribution in [0.3, 0.4) is 0 Å². The fourth-order valence-corrected chi connectivity index (χ4v) is 2.17. The summed E-state index contributed by atoms with van der Waals surface area (Å²) in [5.74, 6) is -0.807. The van der Waals surface area contributed by atoms with Crippen molar-refractivity contribution in [3.63, 3.8) is 0 Å². The molecule has 0 saturated carbocycles. The minimum absolute atomic E-state index is 0. The first-order valence-electron chi connectivity index (χ1n) is 7.32. The molecule has 2 rings (SSSR count). The van der Waals surface area contributed by atoms with Crippen LogP contribution in [0.25, 0.3) is 0 Å². The van der Waals surface area contributed by atoms with Gasteiger partial charge in [-0.3, -0.25) is 9.59 Å². The minimum atomic E-state index is -0.545. The van der Waals surface area contributed by atoms with Crippen LogP contribution in [0, 0.1) is 0 Å². The molecular weight excluding hydrogens is 332 g/mol. The monoisotopic (exact) mass is 352 g/mol. The second kappa shape index (κ2) is 9.64. The lowest BCUT2D eigenvalue weighted by molar-refractivity contribution is -0.118. The van der Waals surface area contributed by atoms with E-state index in [1.54, 1.807) is 4.90 Å². The van der Waals surface area contributed by atoms with Crippen LogP contribution in [0.1, 0.15) is 16.1 Å². The number of amides is 2. The van der Waals surface area contributed by atoms with E-state index in [-0.39, 0.29) is 30.6 Å². The Morgan fingerprint density at radius 1 is 1.17 bits per heavy atom. The average Bonchev–Trinajstić information content (AvgIpc) is 2.99. The predicted octanol–water partition coefficient (Wildman–Crippen LogP) is -0.171. The summed E-state index contributed by atoms with van der Waals surface area (Å²) in [7, 11) is 0. The molecule has 0 fully saturated rings. The molecule has 130 valence electrons. The highest BCUT2D eigenvalue weighted by molar-refractivity contribution is 5.92. The van der Waals surface area contributed by atoms with Crippen LogP contribution >= 0.6 is 12.4 Å². The van der Waals surface area contributed by atoms with Gasteiger partial charge in [-0.05, 0) is 12.0 Å². The van der Waals surface area contributed by atoms with E-state index in [0.717, 1.165) is 12.0 Å². The molecule has 8 nitrogen and oxygen atoms in total. The number of hydrogen-bond acceptors (Lipinski definition) is 5. The molecule has 1 aromatic heterocycles. The third kappa shape index (κ3) is 5.64. The van der Waals surface area contributed by atoms with Gasteiger partial charge in [-0.25, -0.2) is 4.68 Å². The zero-order valence-electron chi connectivity index (χ0n) is 13.2. The lowest BCUT2D eigenvalue weighted by Gasteiger charge is -2.20. The fourth-order valence-electron chi connectivity index (χ4n) is 2.17. The topological polar surface area (TPSA) is 120 Å². The summed E-state index contributed by atoms with van der Waals surface area (Å²) in [5.41, 5.74) is 12.0. The maximum absolute atomic E-state index is 12.5. The smallest absolute Gasteiger partial charge is 0.276 e. The van der Waals surface area contributed by atoms with Gasteiger partial charge in [-0.2, -0.15) is 0 Å². The summed E-state index contributed by atoms with van der Waals surface area (Å²) >= 11 is 0. The Hall–Kier alpha value is -2.45. The van der Waals surface area contributed by atoms with Crippen molar-refractivity contribution in [3.8, 4) is 0 Å². The van der Waals surface area contributed by atoms with Gasteiger partial charge in [0.1, 0.15) is 6.54 Å². The van der Waals surface area contributed by atoms with Crippen molar-refractivity contribution in [1.82, 2.24) is 19.9 Å². The molecule has 0 bridgehead atoms. The molecule has 2 amide bonds. The van der Waals surface area contributed by atoms with Crippen LogP contribution in [0.15, 0.2) is 36.5 Å². The zero-order valence-corrected chi connectivity index (χ0v) is 14.0. The van der Waals surface area contributed by atoms with Gasteiger partial charge < -0.3 is 16.4 Å². The third-order valence-corrected chi connectivity index (χ3v) is 3.28. The van der Waals surface area contributed by atoms with Crippen LogP contribution in [-0.4, -0.2) is 51.3 Å². The Balaban J connectivity index is 0.00000288. The average molecular weight is 353 g/mol. The fraction of sp³-hybridized carbons (Fsp3) is 0.333. The first-order chi connectivity index (χ1) is 11.1. The van der Waals surface area contributed by atoms with Gasteiger partial charge in [0.2, 0.25) is 5.91 Å². The normalized spacial score (nSPS) is 10.0. The molecule has 1 aromatic carbocycles. The van der Waals surface area contributed by atoms with Crippen LogP contribution in [-0.2, 0) is 17.8 Å².